The van der Waals surface area contributed by atoms with E-state index in [1.54, 1.807) is 0 Å². The highest BCUT2D eigenvalue weighted by Gasteiger charge is 2.06. The summed E-state index contributed by atoms with van der Waals surface area (Å²) >= 11 is 4.70. The van der Waals surface area contributed by atoms with Crippen LogP contribution in [0.5, 0.6) is 0 Å². The molecule has 0 aromatic heterocycles. The number of carbonyl (C=O) groups excluding carboxylic acids is 2. The van der Waals surface area contributed by atoms with E-state index in [1.165, 1.54) is 103 Å². The molecule has 214 valence electrons. The fourth-order valence-corrected chi connectivity index (χ4v) is 4.81. The van der Waals surface area contributed by atoms with Gasteiger partial charge < -0.3 is 9.47 Å². The Labute approximate surface area is 250 Å². The lowest BCUT2D eigenvalue weighted by Gasteiger charge is -2.06. The van der Waals surface area contributed by atoms with Gasteiger partial charge in [-0.15, -0.1) is 0 Å². The first kappa shape index (κ1) is 36.4. The summed E-state index contributed by atoms with van der Waals surface area (Å²) in [7, 11) is 0. The minimum atomic E-state index is -0.0291. The largest absolute Gasteiger partial charge is 0.466 e. The van der Waals surface area contributed by atoms with Gasteiger partial charge in [-0.3, -0.25) is 9.59 Å². The van der Waals surface area contributed by atoms with E-state index in [0.717, 1.165) is 25.7 Å². The Hall–Kier alpha value is 0.400. The van der Waals surface area contributed by atoms with Crippen LogP contribution >= 0.6 is 45.2 Å². The van der Waals surface area contributed by atoms with E-state index < -0.39 is 0 Å². The topological polar surface area (TPSA) is 52.6 Å². The van der Waals surface area contributed by atoms with Crippen LogP contribution in [-0.4, -0.2) is 33.0 Å². The quantitative estimate of drug-likeness (QED) is 0.0365. The van der Waals surface area contributed by atoms with Gasteiger partial charge in [0.1, 0.15) is 0 Å². The van der Waals surface area contributed by atoms with Crippen LogP contribution < -0.4 is 0 Å². The van der Waals surface area contributed by atoms with Gasteiger partial charge in [-0.25, -0.2) is 0 Å². The van der Waals surface area contributed by atoms with E-state index in [9.17, 15) is 9.59 Å². The number of rotatable bonds is 27. The van der Waals surface area contributed by atoms with Crippen molar-refractivity contribution < 1.29 is 19.1 Å². The van der Waals surface area contributed by atoms with Gasteiger partial charge in [0.05, 0.1) is 13.2 Å². The lowest BCUT2D eigenvalue weighted by atomic mass is 10.0. The standard InChI is InChI=1S/C30H56I2O4/c1-27(31)21-23-29(33)35-25-19-17-15-13-11-9-7-5-3-4-6-8-10-12-14-16-18-20-26-36-30(34)24-22-28(2)32/h27-28H,3-26H2,1-2H3. The summed E-state index contributed by atoms with van der Waals surface area (Å²) < 4.78 is 11.7. The predicted octanol–water partition coefficient (Wildman–Crippen LogP) is 10.3. The number of hydrogen-bond donors (Lipinski definition) is 0. The van der Waals surface area contributed by atoms with Crippen LogP contribution in [0.15, 0.2) is 0 Å². The summed E-state index contributed by atoms with van der Waals surface area (Å²) in [6.45, 7) is 5.46. The third kappa shape index (κ3) is 30.6. The number of hydrogen-bond acceptors (Lipinski definition) is 4. The molecule has 0 aliphatic carbocycles. The molecule has 0 saturated heterocycles. The van der Waals surface area contributed by atoms with Crippen molar-refractivity contribution in [3.05, 3.63) is 0 Å². The van der Waals surface area contributed by atoms with Gasteiger partial charge in [-0.1, -0.05) is 162 Å². The van der Waals surface area contributed by atoms with Crippen LogP contribution in [0.2, 0.25) is 0 Å². The molecule has 0 aromatic rings. The maximum absolute atomic E-state index is 11.6. The molecule has 0 radical (unpaired) electrons. The highest BCUT2D eigenvalue weighted by molar-refractivity contribution is 14.1. The van der Waals surface area contributed by atoms with Crippen LogP contribution in [0.1, 0.15) is 155 Å². The highest BCUT2D eigenvalue weighted by atomic mass is 127. The summed E-state index contributed by atoms with van der Waals surface area (Å²) in [5.41, 5.74) is 0. The predicted molar refractivity (Wildman–Crippen MR) is 170 cm³/mol. The molecular formula is C30H56I2O4. The average Bonchev–Trinajstić information content (AvgIpc) is 2.84. The molecule has 4 nitrogen and oxygen atoms in total. The zero-order valence-electron chi connectivity index (χ0n) is 23.5. The van der Waals surface area contributed by atoms with Crippen molar-refractivity contribution in [2.24, 2.45) is 0 Å². The molecule has 2 unspecified atom stereocenters. The Morgan fingerprint density at radius 1 is 0.472 bits per heavy atom. The first-order valence-corrected chi connectivity index (χ1v) is 17.5. The van der Waals surface area contributed by atoms with E-state index in [4.69, 9.17) is 9.47 Å². The van der Waals surface area contributed by atoms with Gasteiger partial charge in [0.25, 0.3) is 0 Å². The number of carbonyl (C=O) groups is 2. The van der Waals surface area contributed by atoms with Crippen molar-refractivity contribution in [2.75, 3.05) is 13.2 Å². The van der Waals surface area contributed by atoms with Gasteiger partial charge in [-0.2, -0.15) is 0 Å². The van der Waals surface area contributed by atoms with Crippen LogP contribution in [0.3, 0.4) is 0 Å². The summed E-state index contributed by atoms with van der Waals surface area (Å²) in [5.74, 6) is -0.0581. The van der Waals surface area contributed by atoms with Crippen molar-refractivity contribution in [1.29, 1.82) is 0 Å². The average molecular weight is 735 g/mol. The Morgan fingerprint density at radius 3 is 0.917 bits per heavy atom. The normalized spacial score (nSPS) is 12.9. The molecule has 0 saturated carbocycles. The fraction of sp³-hybridized carbons (Fsp3) is 0.933. The second-order valence-electron chi connectivity index (χ2n) is 10.4. The van der Waals surface area contributed by atoms with E-state index in [1.807, 2.05) is 0 Å². The molecule has 0 heterocycles. The zero-order chi connectivity index (χ0) is 26.7. The van der Waals surface area contributed by atoms with Crippen molar-refractivity contribution >= 4 is 57.1 Å². The first-order valence-electron chi connectivity index (χ1n) is 15.0. The fourth-order valence-electron chi connectivity index (χ4n) is 4.18. The third-order valence-corrected chi connectivity index (χ3v) is 7.80. The van der Waals surface area contributed by atoms with Gasteiger partial charge in [0.15, 0.2) is 0 Å². The highest BCUT2D eigenvalue weighted by Crippen LogP contribution is 2.15. The van der Waals surface area contributed by atoms with Gasteiger partial charge in [0.2, 0.25) is 0 Å². The molecule has 0 bridgehead atoms. The van der Waals surface area contributed by atoms with E-state index in [-0.39, 0.29) is 11.9 Å². The summed E-state index contributed by atoms with van der Waals surface area (Å²) in [6.07, 6.45) is 26.4. The molecule has 0 N–H and O–H groups in total. The molecule has 0 rings (SSSR count). The van der Waals surface area contributed by atoms with E-state index in [2.05, 4.69) is 59.0 Å². The molecule has 0 aliphatic heterocycles. The maximum atomic E-state index is 11.6. The van der Waals surface area contributed by atoms with Crippen molar-refractivity contribution in [3.63, 3.8) is 0 Å². The molecular weight excluding hydrogens is 678 g/mol. The Morgan fingerprint density at radius 2 is 0.694 bits per heavy atom. The lowest BCUT2D eigenvalue weighted by molar-refractivity contribution is -0.144. The third-order valence-electron chi connectivity index (χ3n) is 6.56. The Kier molecular flexibility index (Phi) is 28.7. The monoisotopic (exact) mass is 734 g/mol. The number of halogens is 2. The molecule has 6 heteroatoms. The SMILES string of the molecule is CC(I)CCC(=O)OCCCCCCCCCCCCCCCCCCCCOC(=O)CCC(C)I. The number of unbranched alkanes of at least 4 members (excludes halogenated alkanes) is 17. The molecule has 0 amide bonds. The van der Waals surface area contributed by atoms with E-state index in [0.29, 0.717) is 33.9 Å². The molecule has 2 atom stereocenters. The van der Waals surface area contributed by atoms with Crippen LogP contribution in [0, 0.1) is 0 Å². The van der Waals surface area contributed by atoms with Gasteiger partial charge in [-0.05, 0) is 25.7 Å². The summed E-state index contributed by atoms with van der Waals surface area (Å²) in [5, 5.41) is 0. The smallest absolute Gasteiger partial charge is 0.305 e. The van der Waals surface area contributed by atoms with Crippen LogP contribution in [0.25, 0.3) is 0 Å². The van der Waals surface area contributed by atoms with Crippen molar-refractivity contribution in [2.45, 2.75) is 163 Å². The van der Waals surface area contributed by atoms with Crippen LogP contribution in [-0.2, 0) is 19.1 Å². The molecule has 0 fully saturated rings. The zero-order valence-corrected chi connectivity index (χ0v) is 27.8. The van der Waals surface area contributed by atoms with Crippen molar-refractivity contribution in [3.8, 4) is 0 Å². The Balaban J connectivity index is 3.14. The van der Waals surface area contributed by atoms with Crippen LogP contribution in [0.4, 0.5) is 0 Å². The first-order chi connectivity index (χ1) is 17.4. The minimum Gasteiger partial charge on any atom is -0.466 e. The maximum Gasteiger partial charge on any atom is 0.305 e. The second kappa shape index (κ2) is 28.4. The molecule has 0 aromatic carbocycles. The number of esters is 2. The number of ether oxygens (including phenoxy) is 2. The molecule has 36 heavy (non-hydrogen) atoms. The Bertz CT molecular complexity index is 453. The number of alkyl halides is 2. The summed E-state index contributed by atoms with van der Waals surface area (Å²) in [4.78, 5) is 23.1. The minimum absolute atomic E-state index is 0.0291. The second-order valence-corrected chi connectivity index (χ2v) is 14.7. The van der Waals surface area contributed by atoms with E-state index >= 15 is 0 Å². The summed E-state index contributed by atoms with van der Waals surface area (Å²) in [6, 6.07) is 0. The van der Waals surface area contributed by atoms with Gasteiger partial charge >= 0.3 is 11.9 Å². The molecule has 0 spiro atoms. The molecule has 0 aliphatic rings. The van der Waals surface area contributed by atoms with Gasteiger partial charge in [0, 0.05) is 20.7 Å². The lowest BCUT2D eigenvalue weighted by Crippen LogP contribution is -2.07. The van der Waals surface area contributed by atoms with Crippen molar-refractivity contribution in [1.82, 2.24) is 0 Å².